The maximum atomic E-state index is 8.27. The molecule has 1 rings (SSSR count). The van der Waals surface area contributed by atoms with Gasteiger partial charge in [0.1, 0.15) is 0 Å². The zero-order chi connectivity index (χ0) is 9.90. The van der Waals surface area contributed by atoms with Gasteiger partial charge in [-0.1, -0.05) is 44.1 Å². The summed E-state index contributed by atoms with van der Waals surface area (Å²) in [6.07, 6.45) is 0. The fourth-order valence-corrected chi connectivity index (χ4v) is 1.09. The molecule has 0 atom stereocenters. The van der Waals surface area contributed by atoms with Crippen molar-refractivity contribution < 1.29 is 0 Å². The van der Waals surface area contributed by atoms with E-state index in [1.807, 2.05) is 18.2 Å². The largest absolute Gasteiger partial charge is 0.0615 e. The van der Waals surface area contributed by atoms with Crippen LogP contribution in [0.25, 0.3) is 10.4 Å². The van der Waals surface area contributed by atoms with Crippen molar-refractivity contribution in [3.05, 3.63) is 40.3 Å². The first-order chi connectivity index (χ1) is 6.04. The van der Waals surface area contributed by atoms with Crippen molar-refractivity contribution in [1.82, 2.24) is 0 Å². The van der Waals surface area contributed by atoms with Gasteiger partial charge in [-0.05, 0) is 22.6 Å². The Morgan fingerprint density at radius 2 is 2.00 bits per heavy atom. The molecule has 0 aromatic heterocycles. The fourth-order valence-electron chi connectivity index (χ4n) is 1.09. The lowest BCUT2D eigenvalue weighted by Gasteiger charge is -2.18. The van der Waals surface area contributed by atoms with Crippen molar-refractivity contribution in [2.75, 3.05) is 0 Å². The summed E-state index contributed by atoms with van der Waals surface area (Å²) in [5.74, 6) is 0. The van der Waals surface area contributed by atoms with Crippen LogP contribution in [-0.2, 0) is 5.41 Å². The lowest BCUT2D eigenvalue weighted by Crippen LogP contribution is -2.10. The van der Waals surface area contributed by atoms with Crippen molar-refractivity contribution in [2.45, 2.75) is 26.2 Å². The Morgan fingerprint density at radius 3 is 2.54 bits per heavy atom. The smallest absolute Gasteiger partial charge is 0.0378 e. The third kappa shape index (κ3) is 2.49. The van der Waals surface area contributed by atoms with Gasteiger partial charge in [0.05, 0.1) is 0 Å². The van der Waals surface area contributed by atoms with E-state index in [1.54, 1.807) is 6.07 Å². The zero-order valence-corrected chi connectivity index (χ0v) is 8.15. The minimum atomic E-state index is 0.0982. The first-order valence-corrected chi connectivity index (χ1v) is 4.19. The molecule has 0 spiro atoms. The van der Waals surface area contributed by atoms with Gasteiger partial charge in [-0.2, -0.15) is 0 Å². The van der Waals surface area contributed by atoms with E-state index in [0.29, 0.717) is 5.69 Å². The number of azide groups is 1. The van der Waals surface area contributed by atoms with Crippen LogP contribution in [0.2, 0.25) is 0 Å². The molecular weight excluding hydrogens is 162 g/mol. The summed E-state index contributed by atoms with van der Waals surface area (Å²) in [6.45, 7) is 6.38. The van der Waals surface area contributed by atoms with Gasteiger partial charge in [0, 0.05) is 10.6 Å². The van der Waals surface area contributed by atoms with Crippen molar-refractivity contribution in [1.29, 1.82) is 0 Å². The molecule has 0 saturated heterocycles. The van der Waals surface area contributed by atoms with Crippen LogP contribution in [0.5, 0.6) is 0 Å². The van der Waals surface area contributed by atoms with Crippen LogP contribution in [-0.4, -0.2) is 0 Å². The lowest BCUT2D eigenvalue weighted by molar-refractivity contribution is 0.590. The van der Waals surface area contributed by atoms with E-state index < -0.39 is 0 Å². The average Bonchev–Trinajstić information content (AvgIpc) is 2.04. The first kappa shape index (κ1) is 9.62. The second-order valence-electron chi connectivity index (χ2n) is 3.99. The van der Waals surface area contributed by atoms with E-state index in [2.05, 4.69) is 30.8 Å². The Bertz CT molecular complexity index is 343. The Labute approximate surface area is 78.0 Å². The molecule has 3 nitrogen and oxygen atoms in total. The number of hydrogen-bond acceptors (Lipinski definition) is 1. The van der Waals surface area contributed by atoms with Gasteiger partial charge >= 0.3 is 0 Å². The SMILES string of the molecule is CC(C)(C)c1cccc(N=[N+]=[N-])c1. The molecule has 0 heterocycles. The highest BCUT2D eigenvalue weighted by atomic mass is 15.1. The molecule has 68 valence electrons. The van der Waals surface area contributed by atoms with Gasteiger partial charge in [-0.25, -0.2) is 0 Å². The summed E-state index contributed by atoms with van der Waals surface area (Å²) in [7, 11) is 0. The minimum Gasteiger partial charge on any atom is -0.0615 e. The Balaban J connectivity index is 3.12. The van der Waals surface area contributed by atoms with Crippen molar-refractivity contribution >= 4 is 5.69 Å². The van der Waals surface area contributed by atoms with Crippen LogP contribution in [0, 0.1) is 0 Å². The maximum absolute atomic E-state index is 8.27. The van der Waals surface area contributed by atoms with E-state index in [-0.39, 0.29) is 5.41 Å². The number of benzene rings is 1. The normalized spacial score (nSPS) is 10.7. The van der Waals surface area contributed by atoms with Crippen LogP contribution in [0.1, 0.15) is 26.3 Å². The third-order valence-electron chi connectivity index (χ3n) is 1.87. The molecule has 0 aliphatic rings. The number of hydrogen-bond donors (Lipinski definition) is 0. The quantitative estimate of drug-likeness (QED) is 0.353. The molecule has 0 bridgehead atoms. The monoisotopic (exact) mass is 175 g/mol. The van der Waals surface area contributed by atoms with Gasteiger partial charge in [0.2, 0.25) is 0 Å². The molecule has 1 aromatic rings. The molecule has 0 unspecified atom stereocenters. The summed E-state index contributed by atoms with van der Waals surface area (Å²) >= 11 is 0. The molecule has 0 aliphatic carbocycles. The second kappa shape index (κ2) is 3.50. The Morgan fingerprint density at radius 1 is 1.31 bits per heavy atom. The van der Waals surface area contributed by atoms with Gasteiger partial charge < -0.3 is 0 Å². The molecule has 3 heteroatoms. The topological polar surface area (TPSA) is 48.8 Å². The lowest BCUT2D eigenvalue weighted by atomic mass is 9.87. The molecule has 0 fully saturated rings. The van der Waals surface area contributed by atoms with Crippen LogP contribution < -0.4 is 0 Å². The van der Waals surface area contributed by atoms with Gasteiger partial charge in [-0.3, -0.25) is 0 Å². The summed E-state index contributed by atoms with van der Waals surface area (Å²) in [6, 6.07) is 7.66. The molecule has 0 amide bonds. The van der Waals surface area contributed by atoms with Crippen molar-refractivity contribution in [3.63, 3.8) is 0 Å². The first-order valence-electron chi connectivity index (χ1n) is 4.19. The fraction of sp³-hybridized carbons (Fsp3) is 0.400. The van der Waals surface area contributed by atoms with Gasteiger partial charge in [0.25, 0.3) is 0 Å². The molecular formula is C10H13N3. The number of nitrogens with zero attached hydrogens (tertiary/aromatic N) is 3. The second-order valence-corrected chi connectivity index (χ2v) is 3.99. The molecule has 0 N–H and O–H groups in total. The molecule has 13 heavy (non-hydrogen) atoms. The summed E-state index contributed by atoms with van der Waals surface area (Å²) in [5, 5.41) is 3.56. The van der Waals surface area contributed by atoms with E-state index in [1.165, 1.54) is 5.56 Å². The van der Waals surface area contributed by atoms with E-state index in [0.717, 1.165) is 0 Å². The molecule has 0 radical (unpaired) electrons. The van der Waals surface area contributed by atoms with Gasteiger partial charge in [-0.15, -0.1) is 0 Å². The van der Waals surface area contributed by atoms with Crippen LogP contribution in [0.3, 0.4) is 0 Å². The predicted octanol–water partition coefficient (Wildman–Crippen LogP) is 3.93. The summed E-state index contributed by atoms with van der Waals surface area (Å²) < 4.78 is 0. The maximum Gasteiger partial charge on any atom is 0.0378 e. The minimum absolute atomic E-state index is 0.0982. The predicted molar refractivity (Wildman–Crippen MR) is 53.9 cm³/mol. The van der Waals surface area contributed by atoms with Crippen molar-refractivity contribution in [3.8, 4) is 0 Å². The highest BCUT2D eigenvalue weighted by Gasteiger charge is 2.12. The standard InChI is InChI=1S/C10H13N3/c1-10(2,3)8-5-4-6-9(7-8)12-13-11/h4-7H,1-3H3. The zero-order valence-electron chi connectivity index (χ0n) is 8.15. The Hall–Kier alpha value is -1.47. The van der Waals surface area contributed by atoms with Crippen LogP contribution in [0.4, 0.5) is 5.69 Å². The highest BCUT2D eigenvalue weighted by Crippen LogP contribution is 2.25. The Kier molecular flexibility index (Phi) is 2.59. The van der Waals surface area contributed by atoms with Crippen LogP contribution in [0.15, 0.2) is 29.4 Å². The van der Waals surface area contributed by atoms with E-state index >= 15 is 0 Å². The highest BCUT2D eigenvalue weighted by molar-refractivity contribution is 5.42. The molecule has 0 saturated carbocycles. The summed E-state index contributed by atoms with van der Waals surface area (Å²) in [5.41, 5.74) is 10.2. The average molecular weight is 175 g/mol. The van der Waals surface area contributed by atoms with Crippen molar-refractivity contribution in [2.24, 2.45) is 5.11 Å². The van der Waals surface area contributed by atoms with Crippen LogP contribution >= 0.6 is 0 Å². The van der Waals surface area contributed by atoms with E-state index in [4.69, 9.17) is 5.53 Å². The number of rotatable bonds is 1. The molecule has 0 aliphatic heterocycles. The van der Waals surface area contributed by atoms with Gasteiger partial charge in [0.15, 0.2) is 0 Å². The molecule has 1 aromatic carbocycles. The van der Waals surface area contributed by atoms with E-state index in [9.17, 15) is 0 Å². The third-order valence-corrected chi connectivity index (χ3v) is 1.87. The summed E-state index contributed by atoms with van der Waals surface area (Å²) in [4.78, 5) is 2.75.